The summed E-state index contributed by atoms with van der Waals surface area (Å²) in [5.41, 5.74) is 0.0982. The lowest BCUT2D eigenvalue weighted by Gasteiger charge is -2.35. The normalized spacial score (nSPS) is 39.0. The Kier molecular flexibility index (Phi) is 3.33. The van der Waals surface area contributed by atoms with E-state index in [9.17, 15) is 0 Å². The quantitative estimate of drug-likeness (QED) is 0.771. The lowest BCUT2D eigenvalue weighted by molar-refractivity contribution is -0.0233. The van der Waals surface area contributed by atoms with Crippen LogP contribution in [0.1, 0.15) is 39.5 Å². The van der Waals surface area contributed by atoms with E-state index in [0.717, 1.165) is 19.4 Å². The Hall–Kier alpha value is -0.120. The van der Waals surface area contributed by atoms with Gasteiger partial charge >= 0.3 is 0 Å². The molecule has 15 heavy (non-hydrogen) atoms. The molecule has 3 nitrogen and oxygen atoms in total. The van der Waals surface area contributed by atoms with Crippen molar-refractivity contribution in [1.29, 1.82) is 0 Å². The highest BCUT2D eigenvalue weighted by Crippen LogP contribution is 2.29. The first-order chi connectivity index (χ1) is 7.09. The Morgan fingerprint density at radius 2 is 2.13 bits per heavy atom. The maximum absolute atomic E-state index is 5.93. The van der Waals surface area contributed by atoms with Crippen LogP contribution >= 0.6 is 0 Å². The molecule has 2 aliphatic rings. The van der Waals surface area contributed by atoms with Crippen molar-refractivity contribution < 1.29 is 9.47 Å². The zero-order valence-electron chi connectivity index (χ0n) is 10.1. The maximum Gasteiger partial charge on any atom is 0.0707 e. The van der Waals surface area contributed by atoms with E-state index in [1.54, 1.807) is 7.11 Å². The van der Waals surface area contributed by atoms with Crippen molar-refractivity contribution in [3.63, 3.8) is 0 Å². The molecule has 0 aromatic rings. The van der Waals surface area contributed by atoms with Crippen molar-refractivity contribution in [2.45, 2.75) is 63.4 Å². The van der Waals surface area contributed by atoms with Gasteiger partial charge in [-0.3, -0.25) is 0 Å². The molecule has 2 fully saturated rings. The van der Waals surface area contributed by atoms with Crippen LogP contribution in [0.15, 0.2) is 0 Å². The monoisotopic (exact) mass is 213 g/mol. The highest BCUT2D eigenvalue weighted by molar-refractivity contribution is 4.88. The van der Waals surface area contributed by atoms with Gasteiger partial charge in [0.25, 0.3) is 0 Å². The van der Waals surface area contributed by atoms with Crippen LogP contribution in [0.5, 0.6) is 0 Å². The van der Waals surface area contributed by atoms with E-state index in [1.807, 2.05) is 0 Å². The van der Waals surface area contributed by atoms with Crippen molar-refractivity contribution in [1.82, 2.24) is 5.32 Å². The van der Waals surface area contributed by atoms with Gasteiger partial charge in [-0.1, -0.05) is 0 Å². The van der Waals surface area contributed by atoms with Crippen LogP contribution in [0, 0.1) is 0 Å². The van der Waals surface area contributed by atoms with Gasteiger partial charge in [0.15, 0.2) is 0 Å². The van der Waals surface area contributed by atoms with E-state index < -0.39 is 0 Å². The molecule has 1 N–H and O–H groups in total. The molecule has 88 valence electrons. The predicted molar refractivity (Wildman–Crippen MR) is 60.0 cm³/mol. The summed E-state index contributed by atoms with van der Waals surface area (Å²) in [4.78, 5) is 0. The van der Waals surface area contributed by atoms with Crippen LogP contribution in [0.25, 0.3) is 0 Å². The molecule has 2 rings (SSSR count). The first kappa shape index (κ1) is 11.4. The molecule has 1 heterocycles. The molecule has 1 atom stereocenters. The minimum absolute atomic E-state index is 0.0982. The van der Waals surface area contributed by atoms with Gasteiger partial charge in [-0.25, -0.2) is 0 Å². The molecular formula is C12H23NO2. The smallest absolute Gasteiger partial charge is 0.0707 e. The third-order valence-electron chi connectivity index (χ3n) is 3.62. The van der Waals surface area contributed by atoms with Gasteiger partial charge in [0.1, 0.15) is 0 Å². The summed E-state index contributed by atoms with van der Waals surface area (Å²) >= 11 is 0. The molecule has 1 saturated carbocycles. The van der Waals surface area contributed by atoms with Crippen LogP contribution in [0.2, 0.25) is 0 Å². The number of hydrogen-bond acceptors (Lipinski definition) is 3. The van der Waals surface area contributed by atoms with E-state index in [2.05, 4.69) is 19.2 Å². The van der Waals surface area contributed by atoms with E-state index >= 15 is 0 Å². The van der Waals surface area contributed by atoms with Gasteiger partial charge in [0, 0.05) is 19.7 Å². The number of rotatable bonds is 4. The van der Waals surface area contributed by atoms with Crippen molar-refractivity contribution in [2.24, 2.45) is 0 Å². The fourth-order valence-corrected chi connectivity index (χ4v) is 2.44. The highest BCUT2D eigenvalue weighted by Gasteiger charge is 2.33. The number of hydrogen-bond donors (Lipinski definition) is 1. The summed E-state index contributed by atoms with van der Waals surface area (Å²) in [5, 5.41) is 3.56. The van der Waals surface area contributed by atoms with Crippen LogP contribution in [-0.2, 0) is 9.47 Å². The van der Waals surface area contributed by atoms with Gasteiger partial charge in [0.05, 0.1) is 17.8 Å². The fourth-order valence-electron chi connectivity index (χ4n) is 2.44. The van der Waals surface area contributed by atoms with Crippen LogP contribution in [0.3, 0.4) is 0 Å². The van der Waals surface area contributed by atoms with Crippen molar-refractivity contribution in [3.05, 3.63) is 0 Å². The molecule has 3 heteroatoms. The predicted octanol–water partition coefficient (Wildman–Crippen LogP) is 1.71. The first-order valence-corrected chi connectivity index (χ1v) is 6.03. The van der Waals surface area contributed by atoms with Crippen molar-refractivity contribution in [3.8, 4) is 0 Å². The summed E-state index contributed by atoms with van der Waals surface area (Å²) in [6.45, 7) is 5.36. The summed E-state index contributed by atoms with van der Waals surface area (Å²) in [6.07, 6.45) is 5.61. The van der Waals surface area contributed by atoms with E-state index in [-0.39, 0.29) is 5.60 Å². The van der Waals surface area contributed by atoms with E-state index in [1.165, 1.54) is 12.8 Å². The largest absolute Gasteiger partial charge is 0.381 e. The third-order valence-corrected chi connectivity index (χ3v) is 3.62. The lowest BCUT2D eigenvalue weighted by Crippen LogP contribution is -2.47. The Morgan fingerprint density at radius 1 is 1.40 bits per heavy atom. The van der Waals surface area contributed by atoms with Gasteiger partial charge in [-0.05, 0) is 39.5 Å². The highest BCUT2D eigenvalue weighted by atomic mass is 16.5. The molecule has 1 saturated heterocycles. The Bertz CT molecular complexity index is 212. The van der Waals surface area contributed by atoms with Gasteiger partial charge in [-0.15, -0.1) is 0 Å². The van der Waals surface area contributed by atoms with Crippen LogP contribution in [-0.4, -0.2) is 37.5 Å². The standard InChI is InChI=1S/C12H23NO2/c1-12(2)5-4-10(15-12)8-13-9-6-11(7-9)14-3/h9-11,13H,4-8H2,1-3H3. The lowest BCUT2D eigenvalue weighted by atomic mass is 9.89. The second-order valence-electron chi connectivity index (χ2n) is 5.47. The minimum Gasteiger partial charge on any atom is -0.381 e. The second kappa shape index (κ2) is 4.40. The molecule has 1 unspecified atom stereocenters. The summed E-state index contributed by atoms with van der Waals surface area (Å²) in [6, 6.07) is 0.655. The molecule has 0 aromatic carbocycles. The van der Waals surface area contributed by atoms with Crippen LogP contribution < -0.4 is 5.32 Å². The van der Waals surface area contributed by atoms with Gasteiger partial charge in [0.2, 0.25) is 0 Å². The van der Waals surface area contributed by atoms with E-state index in [4.69, 9.17) is 9.47 Å². The average Bonchev–Trinajstić information content (AvgIpc) is 2.43. The Balaban J connectivity index is 1.60. The van der Waals surface area contributed by atoms with E-state index in [0.29, 0.717) is 18.2 Å². The molecule has 0 radical (unpaired) electrons. The van der Waals surface area contributed by atoms with Crippen LogP contribution in [0.4, 0.5) is 0 Å². The summed E-state index contributed by atoms with van der Waals surface area (Å²) in [7, 11) is 1.80. The Labute approximate surface area is 92.5 Å². The zero-order chi connectivity index (χ0) is 10.9. The average molecular weight is 213 g/mol. The third kappa shape index (κ3) is 2.92. The fraction of sp³-hybridized carbons (Fsp3) is 1.00. The number of nitrogens with one attached hydrogen (secondary N) is 1. The van der Waals surface area contributed by atoms with Gasteiger partial charge < -0.3 is 14.8 Å². The molecule has 0 amide bonds. The topological polar surface area (TPSA) is 30.5 Å². The molecule has 1 aliphatic carbocycles. The Morgan fingerprint density at radius 3 is 2.67 bits per heavy atom. The summed E-state index contributed by atoms with van der Waals surface area (Å²) in [5.74, 6) is 0. The SMILES string of the molecule is COC1CC(NCC2CCC(C)(C)O2)C1. The van der Waals surface area contributed by atoms with Crippen molar-refractivity contribution >= 4 is 0 Å². The molecular weight excluding hydrogens is 190 g/mol. The minimum atomic E-state index is 0.0982. The molecule has 0 spiro atoms. The zero-order valence-corrected chi connectivity index (χ0v) is 10.1. The maximum atomic E-state index is 5.93. The van der Waals surface area contributed by atoms with Gasteiger partial charge in [-0.2, -0.15) is 0 Å². The summed E-state index contributed by atoms with van der Waals surface area (Å²) < 4.78 is 11.2. The number of ether oxygens (including phenoxy) is 2. The molecule has 1 aliphatic heterocycles. The van der Waals surface area contributed by atoms with Crippen molar-refractivity contribution in [2.75, 3.05) is 13.7 Å². The molecule has 0 bridgehead atoms. The molecule has 0 aromatic heterocycles. The second-order valence-corrected chi connectivity index (χ2v) is 5.47. The number of methoxy groups -OCH3 is 1. The first-order valence-electron chi connectivity index (χ1n) is 6.03.